The van der Waals surface area contributed by atoms with Crippen molar-refractivity contribution in [2.24, 2.45) is 5.73 Å². The summed E-state index contributed by atoms with van der Waals surface area (Å²) >= 11 is 0. The standard InChI is InChI=1S/C14H21N5O/c1-14(2,3)20-10-12(15)13-16-17-18-19(13)9-11-7-5-4-6-8-11/h4-8,12H,9-10,15H2,1-3H3/t12-/m0/s1. The molecule has 1 atom stereocenters. The molecule has 0 amide bonds. The topological polar surface area (TPSA) is 78.8 Å². The fourth-order valence-corrected chi connectivity index (χ4v) is 1.76. The number of aromatic nitrogens is 4. The van der Waals surface area contributed by atoms with Gasteiger partial charge in [0.2, 0.25) is 0 Å². The maximum absolute atomic E-state index is 6.11. The number of benzene rings is 1. The lowest BCUT2D eigenvalue weighted by Gasteiger charge is -2.22. The van der Waals surface area contributed by atoms with E-state index >= 15 is 0 Å². The zero-order valence-corrected chi connectivity index (χ0v) is 12.2. The van der Waals surface area contributed by atoms with Crippen LogP contribution in [0.25, 0.3) is 0 Å². The first-order chi connectivity index (χ1) is 9.46. The summed E-state index contributed by atoms with van der Waals surface area (Å²) in [6, 6.07) is 9.68. The molecule has 0 spiro atoms. The van der Waals surface area contributed by atoms with E-state index in [1.54, 1.807) is 4.68 Å². The Kier molecular flexibility index (Phi) is 4.46. The van der Waals surface area contributed by atoms with E-state index in [2.05, 4.69) is 15.5 Å². The Morgan fingerprint density at radius 3 is 2.60 bits per heavy atom. The summed E-state index contributed by atoms with van der Waals surface area (Å²) in [5.74, 6) is 0.637. The molecule has 0 aliphatic heterocycles. The number of rotatable bonds is 5. The third kappa shape index (κ3) is 4.11. The normalized spacial score (nSPS) is 13.4. The second-order valence-corrected chi connectivity index (χ2v) is 5.71. The van der Waals surface area contributed by atoms with Crippen LogP contribution in [-0.4, -0.2) is 32.4 Å². The zero-order chi connectivity index (χ0) is 14.6. The van der Waals surface area contributed by atoms with Crippen molar-refractivity contribution in [1.82, 2.24) is 20.2 Å². The molecule has 1 aromatic heterocycles. The highest BCUT2D eigenvalue weighted by atomic mass is 16.5. The first kappa shape index (κ1) is 14.6. The first-order valence-corrected chi connectivity index (χ1v) is 6.65. The molecule has 108 valence electrons. The number of hydrogen-bond donors (Lipinski definition) is 1. The number of tetrazole rings is 1. The Balaban J connectivity index is 2.04. The van der Waals surface area contributed by atoms with Crippen LogP contribution in [0.15, 0.2) is 30.3 Å². The molecule has 0 radical (unpaired) electrons. The predicted molar refractivity (Wildman–Crippen MR) is 76.0 cm³/mol. The average Bonchev–Trinajstić information content (AvgIpc) is 2.84. The van der Waals surface area contributed by atoms with Crippen molar-refractivity contribution in [2.75, 3.05) is 6.61 Å². The van der Waals surface area contributed by atoms with Gasteiger partial charge in [0.15, 0.2) is 5.82 Å². The maximum atomic E-state index is 6.11. The second-order valence-electron chi connectivity index (χ2n) is 5.71. The van der Waals surface area contributed by atoms with Crippen molar-refractivity contribution in [1.29, 1.82) is 0 Å². The average molecular weight is 275 g/mol. The van der Waals surface area contributed by atoms with Crippen molar-refractivity contribution >= 4 is 0 Å². The lowest BCUT2D eigenvalue weighted by molar-refractivity contribution is -0.0115. The van der Waals surface area contributed by atoms with Gasteiger partial charge in [-0.3, -0.25) is 0 Å². The molecular weight excluding hydrogens is 254 g/mol. The Morgan fingerprint density at radius 2 is 1.95 bits per heavy atom. The summed E-state index contributed by atoms with van der Waals surface area (Å²) in [4.78, 5) is 0. The van der Waals surface area contributed by atoms with Crippen molar-refractivity contribution in [3.05, 3.63) is 41.7 Å². The van der Waals surface area contributed by atoms with E-state index in [9.17, 15) is 0 Å². The van der Waals surface area contributed by atoms with Gasteiger partial charge in [0.05, 0.1) is 24.8 Å². The summed E-state index contributed by atoms with van der Waals surface area (Å²) < 4.78 is 7.40. The van der Waals surface area contributed by atoms with Crippen LogP contribution in [0.1, 0.15) is 38.2 Å². The molecule has 1 aromatic carbocycles. The number of ether oxygens (including phenoxy) is 1. The second kappa shape index (κ2) is 6.11. The minimum atomic E-state index is -0.340. The van der Waals surface area contributed by atoms with E-state index in [-0.39, 0.29) is 11.6 Å². The molecule has 6 nitrogen and oxygen atoms in total. The molecule has 0 aliphatic rings. The molecule has 0 saturated heterocycles. The highest BCUT2D eigenvalue weighted by Crippen LogP contribution is 2.13. The van der Waals surface area contributed by atoms with Crippen LogP contribution < -0.4 is 5.73 Å². The van der Waals surface area contributed by atoms with Crippen LogP contribution in [0.4, 0.5) is 0 Å². The predicted octanol–water partition coefficient (Wildman–Crippen LogP) is 1.54. The smallest absolute Gasteiger partial charge is 0.170 e. The third-order valence-corrected chi connectivity index (χ3v) is 2.76. The van der Waals surface area contributed by atoms with E-state index in [4.69, 9.17) is 10.5 Å². The van der Waals surface area contributed by atoms with E-state index in [1.807, 2.05) is 51.1 Å². The van der Waals surface area contributed by atoms with Crippen molar-refractivity contribution in [3.63, 3.8) is 0 Å². The van der Waals surface area contributed by atoms with Gasteiger partial charge in [0, 0.05) is 0 Å². The number of hydrogen-bond acceptors (Lipinski definition) is 5. The van der Waals surface area contributed by atoms with Gasteiger partial charge in [0.25, 0.3) is 0 Å². The fraction of sp³-hybridized carbons (Fsp3) is 0.500. The highest BCUT2D eigenvalue weighted by Gasteiger charge is 2.19. The molecule has 2 aromatic rings. The van der Waals surface area contributed by atoms with Gasteiger partial charge in [-0.2, -0.15) is 0 Å². The summed E-state index contributed by atoms with van der Waals surface area (Å²) in [5, 5.41) is 11.7. The lowest BCUT2D eigenvalue weighted by Crippen LogP contribution is -2.28. The molecular formula is C14H21N5O. The Bertz CT molecular complexity index is 532. The Morgan fingerprint density at radius 1 is 1.25 bits per heavy atom. The van der Waals surface area contributed by atoms with Crippen molar-refractivity contribution in [2.45, 2.75) is 39.0 Å². The quantitative estimate of drug-likeness (QED) is 0.895. The van der Waals surface area contributed by atoms with Gasteiger partial charge < -0.3 is 10.5 Å². The van der Waals surface area contributed by atoms with Crippen LogP contribution in [0, 0.1) is 0 Å². The molecule has 0 fully saturated rings. The summed E-state index contributed by atoms with van der Waals surface area (Å²) in [5.41, 5.74) is 7.02. The molecule has 0 aliphatic carbocycles. The molecule has 1 heterocycles. The van der Waals surface area contributed by atoms with Crippen LogP contribution >= 0.6 is 0 Å². The van der Waals surface area contributed by atoms with Gasteiger partial charge >= 0.3 is 0 Å². The molecule has 0 unspecified atom stereocenters. The minimum absolute atomic E-state index is 0.227. The Hall–Kier alpha value is -1.79. The minimum Gasteiger partial charge on any atom is -0.374 e. The monoisotopic (exact) mass is 275 g/mol. The summed E-state index contributed by atoms with van der Waals surface area (Å²) in [7, 11) is 0. The molecule has 20 heavy (non-hydrogen) atoms. The number of nitrogens with two attached hydrogens (primary N) is 1. The largest absolute Gasteiger partial charge is 0.374 e. The van der Waals surface area contributed by atoms with E-state index in [0.717, 1.165) is 5.56 Å². The van der Waals surface area contributed by atoms with E-state index in [1.165, 1.54) is 0 Å². The fourth-order valence-electron chi connectivity index (χ4n) is 1.76. The molecule has 0 saturated carbocycles. The van der Waals surface area contributed by atoms with Crippen molar-refractivity contribution < 1.29 is 4.74 Å². The van der Waals surface area contributed by atoms with Crippen LogP contribution in [0.5, 0.6) is 0 Å². The molecule has 2 rings (SSSR count). The molecule has 2 N–H and O–H groups in total. The van der Waals surface area contributed by atoms with E-state index in [0.29, 0.717) is 19.0 Å². The SMILES string of the molecule is CC(C)(C)OC[C@H](N)c1nnnn1Cc1ccccc1. The molecule has 0 bridgehead atoms. The highest BCUT2D eigenvalue weighted by molar-refractivity contribution is 5.15. The van der Waals surface area contributed by atoms with Gasteiger partial charge in [-0.05, 0) is 36.8 Å². The van der Waals surface area contributed by atoms with Gasteiger partial charge in [-0.15, -0.1) is 5.10 Å². The Labute approximate surface area is 118 Å². The zero-order valence-electron chi connectivity index (χ0n) is 12.2. The third-order valence-electron chi connectivity index (χ3n) is 2.76. The van der Waals surface area contributed by atoms with Gasteiger partial charge in [-0.25, -0.2) is 4.68 Å². The lowest BCUT2D eigenvalue weighted by atomic mass is 10.2. The first-order valence-electron chi connectivity index (χ1n) is 6.65. The van der Waals surface area contributed by atoms with Crippen LogP contribution in [0.2, 0.25) is 0 Å². The maximum Gasteiger partial charge on any atom is 0.170 e. The summed E-state index contributed by atoms with van der Waals surface area (Å²) in [6.07, 6.45) is 0. The van der Waals surface area contributed by atoms with E-state index < -0.39 is 0 Å². The van der Waals surface area contributed by atoms with Crippen LogP contribution in [-0.2, 0) is 11.3 Å². The van der Waals surface area contributed by atoms with Gasteiger partial charge in [0.1, 0.15) is 0 Å². The molecule has 6 heteroatoms. The van der Waals surface area contributed by atoms with Crippen LogP contribution in [0.3, 0.4) is 0 Å². The summed E-state index contributed by atoms with van der Waals surface area (Å²) in [6.45, 7) is 6.97. The van der Waals surface area contributed by atoms with Gasteiger partial charge in [-0.1, -0.05) is 30.3 Å². The van der Waals surface area contributed by atoms with Crippen molar-refractivity contribution in [3.8, 4) is 0 Å². The number of nitrogens with zero attached hydrogens (tertiary/aromatic N) is 4.